The van der Waals surface area contributed by atoms with Crippen LogP contribution in [-0.2, 0) is 17.8 Å². The largest absolute Gasteiger partial charge is 0.489 e. The van der Waals surface area contributed by atoms with Crippen LogP contribution in [-0.4, -0.2) is 12.5 Å². The second-order valence-corrected chi connectivity index (χ2v) is 6.33. The molecule has 4 heteroatoms. The highest BCUT2D eigenvalue weighted by Crippen LogP contribution is 2.29. The van der Waals surface area contributed by atoms with Gasteiger partial charge in [0.1, 0.15) is 18.2 Å². The lowest BCUT2D eigenvalue weighted by molar-refractivity contribution is -0.118. The summed E-state index contributed by atoms with van der Waals surface area (Å²) < 4.78 is 19.2. The van der Waals surface area contributed by atoms with E-state index < -0.39 is 0 Å². The third kappa shape index (κ3) is 5.42. The van der Waals surface area contributed by atoms with E-state index in [0.717, 1.165) is 28.0 Å². The second kappa shape index (κ2) is 8.99. The molecule has 0 heterocycles. The average molecular weight is 363 g/mol. The fourth-order valence-corrected chi connectivity index (χ4v) is 2.88. The van der Waals surface area contributed by atoms with Crippen molar-refractivity contribution in [2.75, 3.05) is 6.54 Å². The van der Waals surface area contributed by atoms with Crippen molar-refractivity contribution in [3.05, 3.63) is 89.7 Å². The smallest absolute Gasteiger partial charge is 0.216 e. The third-order valence-corrected chi connectivity index (χ3v) is 4.25. The summed E-state index contributed by atoms with van der Waals surface area (Å²) >= 11 is 0. The van der Waals surface area contributed by atoms with Crippen LogP contribution >= 0.6 is 0 Å². The Morgan fingerprint density at radius 3 is 2.44 bits per heavy atom. The number of benzene rings is 3. The summed E-state index contributed by atoms with van der Waals surface area (Å²) in [6, 6.07) is 22.3. The summed E-state index contributed by atoms with van der Waals surface area (Å²) in [5.41, 5.74) is 4.06. The van der Waals surface area contributed by atoms with Crippen LogP contribution in [0.1, 0.15) is 18.1 Å². The Hall–Kier alpha value is -3.14. The molecule has 138 valence electrons. The number of nitrogens with one attached hydrogen (secondary N) is 1. The first kappa shape index (κ1) is 18.6. The van der Waals surface area contributed by atoms with E-state index >= 15 is 0 Å². The Morgan fingerprint density at radius 1 is 1.00 bits per heavy atom. The minimum atomic E-state index is -0.268. The summed E-state index contributed by atoms with van der Waals surface area (Å²) in [4.78, 5) is 11.1. The Morgan fingerprint density at radius 2 is 1.74 bits per heavy atom. The normalized spacial score (nSPS) is 10.4. The predicted octanol–water partition coefficient (Wildman–Crippen LogP) is 4.75. The van der Waals surface area contributed by atoms with Gasteiger partial charge in [-0.15, -0.1) is 0 Å². The van der Waals surface area contributed by atoms with Gasteiger partial charge in [-0.3, -0.25) is 4.79 Å². The van der Waals surface area contributed by atoms with Crippen LogP contribution in [0, 0.1) is 5.82 Å². The van der Waals surface area contributed by atoms with Gasteiger partial charge in [0.15, 0.2) is 0 Å². The first-order valence-electron chi connectivity index (χ1n) is 8.92. The van der Waals surface area contributed by atoms with Crippen molar-refractivity contribution in [1.29, 1.82) is 0 Å². The van der Waals surface area contributed by atoms with Crippen molar-refractivity contribution < 1.29 is 13.9 Å². The summed E-state index contributed by atoms with van der Waals surface area (Å²) in [6.45, 7) is 2.53. The van der Waals surface area contributed by atoms with Crippen LogP contribution in [0.2, 0.25) is 0 Å². The zero-order valence-corrected chi connectivity index (χ0v) is 15.2. The molecule has 0 saturated heterocycles. The highest BCUT2D eigenvalue weighted by atomic mass is 19.1. The van der Waals surface area contributed by atoms with Gasteiger partial charge >= 0.3 is 0 Å². The number of hydrogen-bond donors (Lipinski definition) is 1. The van der Waals surface area contributed by atoms with E-state index in [1.807, 2.05) is 48.5 Å². The van der Waals surface area contributed by atoms with E-state index in [2.05, 4.69) is 5.32 Å². The van der Waals surface area contributed by atoms with Gasteiger partial charge in [0.25, 0.3) is 0 Å². The fraction of sp³-hybridized carbons (Fsp3) is 0.174. The Labute approximate surface area is 158 Å². The van der Waals surface area contributed by atoms with Crippen molar-refractivity contribution >= 4 is 5.91 Å². The molecular weight excluding hydrogens is 341 g/mol. The zero-order chi connectivity index (χ0) is 19.1. The SMILES string of the molecule is CC(=O)NCCc1ccc(OCc2ccccc2)cc1-c1ccc(F)cc1. The molecule has 0 fully saturated rings. The number of amides is 1. The minimum absolute atomic E-state index is 0.0545. The molecule has 3 rings (SSSR count). The standard InChI is InChI=1S/C23H22FNO2/c1-17(26)25-14-13-20-9-12-22(27-16-18-5-3-2-4-6-18)15-23(20)19-7-10-21(24)11-8-19/h2-12,15H,13-14,16H2,1H3,(H,25,26). The number of carbonyl (C=O) groups excluding carboxylic acids is 1. The maximum Gasteiger partial charge on any atom is 0.216 e. The topological polar surface area (TPSA) is 38.3 Å². The summed E-state index contributed by atoms with van der Waals surface area (Å²) in [5.74, 6) is 0.428. The van der Waals surface area contributed by atoms with Crippen LogP contribution < -0.4 is 10.1 Å². The van der Waals surface area contributed by atoms with Gasteiger partial charge in [-0.2, -0.15) is 0 Å². The Kier molecular flexibility index (Phi) is 6.21. The molecule has 0 radical (unpaired) electrons. The van der Waals surface area contributed by atoms with E-state index in [-0.39, 0.29) is 11.7 Å². The van der Waals surface area contributed by atoms with Crippen LogP contribution in [0.25, 0.3) is 11.1 Å². The van der Waals surface area contributed by atoms with Crippen LogP contribution in [0.3, 0.4) is 0 Å². The molecule has 3 aromatic rings. The second-order valence-electron chi connectivity index (χ2n) is 6.33. The first-order chi connectivity index (χ1) is 13.1. The summed E-state index contributed by atoms with van der Waals surface area (Å²) in [6.07, 6.45) is 0.686. The third-order valence-electron chi connectivity index (χ3n) is 4.25. The molecule has 0 aliphatic rings. The van der Waals surface area contributed by atoms with E-state index in [9.17, 15) is 9.18 Å². The molecule has 0 spiro atoms. The number of hydrogen-bond acceptors (Lipinski definition) is 2. The van der Waals surface area contributed by atoms with Crippen LogP contribution in [0.5, 0.6) is 5.75 Å². The van der Waals surface area contributed by atoms with Crippen molar-refractivity contribution in [3.63, 3.8) is 0 Å². The predicted molar refractivity (Wildman–Crippen MR) is 105 cm³/mol. The number of halogens is 1. The Balaban J connectivity index is 1.82. The molecule has 0 aliphatic carbocycles. The molecule has 0 unspecified atom stereocenters. The van der Waals surface area contributed by atoms with E-state index in [4.69, 9.17) is 4.74 Å². The van der Waals surface area contributed by atoms with E-state index in [0.29, 0.717) is 19.6 Å². The van der Waals surface area contributed by atoms with Gasteiger partial charge in [-0.1, -0.05) is 48.5 Å². The van der Waals surface area contributed by atoms with Gasteiger partial charge in [0, 0.05) is 13.5 Å². The molecule has 0 bridgehead atoms. The van der Waals surface area contributed by atoms with E-state index in [1.165, 1.54) is 19.1 Å². The van der Waals surface area contributed by atoms with Gasteiger partial charge in [-0.05, 0) is 52.9 Å². The zero-order valence-electron chi connectivity index (χ0n) is 15.2. The fourth-order valence-electron chi connectivity index (χ4n) is 2.88. The lowest BCUT2D eigenvalue weighted by atomic mass is 9.97. The average Bonchev–Trinajstić information content (AvgIpc) is 2.68. The van der Waals surface area contributed by atoms with Crippen LogP contribution in [0.15, 0.2) is 72.8 Å². The van der Waals surface area contributed by atoms with Gasteiger partial charge < -0.3 is 10.1 Å². The van der Waals surface area contributed by atoms with Crippen molar-refractivity contribution in [1.82, 2.24) is 5.32 Å². The van der Waals surface area contributed by atoms with E-state index in [1.54, 1.807) is 12.1 Å². The van der Waals surface area contributed by atoms with Gasteiger partial charge in [-0.25, -0.2) is 4.39 Å². The molecule has 0 aromatic heterocycles. The van der Waals surface area contributed by atoms with Crippen molar-refractivity contribution in [2.24, 2.45) is 0 Å². The number of ether oxygens (including phenoxy) is 1. The number of carbonyl (C=O) groups is 1. The maximum atomic E-state index is 13.3. The molecule has 0 atom stereocenters. The summed E-state index contributed by atoms with van der Waals surface area (Å²) in [7, 11) is 0. The maximum absolute atomic E-state index is 13.3. The Bertz CT molecular complexity index is 892. The molecule has 27 heavy (non-hydrogen) atoms. The summed E-state index contributed by atoms with van der Waals surface area (Å²) in [5, 5.41) is 2.81. The van der Waals surface area contributed by atoms with Gasteiger partial charge in [0.2, 0.25) is 5.91 Å². The van der Waals surface area contributed by atoms with Crippen molar-refractivity contribution in [3.8, 4) is 16.9 Å². The molecular formula is C23H22FNO2. The lowest BCUT2D eigenvalue weighted by Crippen LogP contribution is -2.22. The molecule has 3 aromatic carbocycles. The molecule has 1 amide bonds. The number of rotatable bonds is 7. The monoisotopic (exact) mass is 363 g/mol. The highest BCUT2D eigenvalue weighted by Gasteiger charge is 2.09. The van der Waals surface area contributed by atoms with Gasteiger partial charge in [0.05, 0.1) is 0 Å². The van der Waals surface area contributed by atoms with Crippen LogP contribution in [0.4, 0.5) is 4.39 Å². The molecule has 0 saturated carbocycles. The minimum Gasteiger partial charge on any atom is -0.489 e. The molecule has 1 N–H and O–H groups in total. The lowest BCUT2D eigenvalue weighted by Gasteiger charge is -2.14. The first-order valence-corrected chi connectivity index (χ1v) is 8.92. The highest BCUT2D eigenvalue weighted by molar-refractivity contribution is 5.73. The molecule has 3 nitrogen and oxygen atoms in total. The van der Waals surface area contributed by atoms with Crippen molar-refractivity contribution in [2.45, 2.75) is 20.0 Å². The quantitative estimate of drug-likeness (QED) is 0.658. The molecule has 0 aliphatic heterocycles.